The maximum Gasteiger partial charge on any atom is 0.168 e. The minimum Gasteiger partial charge on any atom is -0.294 e. The second-order valence-electron chi connectivity index (χ2n) is 3.34. The smallest absolute Gasteiger partial charge is 0.168 e. The minimum absolute atomic E-state index is 0.158. The summed E-state index contributed by atoms with van der Waals surface area (Å²) in [4.78, 5) is 11.7. The van der Waals surface area contributed by atoms with E-state index in [9.17, 15) is 4.79 Å². The normalized spacial score (nSPS) is 14.7. The topological polar surface area (TPSA) is 34.9 Å². The highest BCUT2D eigenvalue weighted by Crippen LogP contribution is 2.22. The first kappa shape index (κ1) is 7.50. The number of para-hydroxylation sites is 1. The second-order valence-corrected chi connectivity index (χ2v) is 3.34. The van der Waals surface area contributed by atoms with Crippen LogP contribution < -0.4 is 0 Å². The van der Waals surface area contributed by atoms with Crippen molar-refractivity contribution < 1.29 is 4.79 Å². The molecule has 0 amide bonds. The molecule has 14 heavy (non-hydrogen) atoms. The zero-order chi connectivity index (χ0) is 9.54. The van der Waals surface area contributed by atoms with E-state index in [-0.39, 0.29) is 5.78 Å². The van der Waals surface area contributed by atoms with E-state index in [1.54, 1.807) is 10.9 Å². The average molecular weight is 184 g/mol. The highest BCUT2D eigenvalue weighted by atomic mass is 16.1. The van der Waals surface area contributed by atoms with Gasteiger partial charge in [-0.25, -0.2) is 4.68 Å². The fraction of sp³-hybridized carbons (Fsp3) is 0.0909. The van der Waals surface area contributed by atoms with Crippen molar-refractivity contribution in [2.75, 3.05) is 0 Å². The third kappa shape index (κ3) is 0.865. The summed E-state index contributed by atoms with van der Waals surface area (Å²) in [5, 5.41) is 5.21. The van der Waals surface area contributed by atoms with Crippen LogP contribution in [-0.4, -0.2) is 15.6 Å². The zero-order valence-corrected chi connectivity index (χ0v) is 7.47. The number of allylic oxidation sites excluding steroid dienone is 1. The van der Waals surface area contributed by atoms with Gasteiger partial charge >= 0.3 is 0 Å². The van der Waals surface area contributed by atoms with Crippen LogP contribution in [0.3, 0.4) is 0 Å². The molecule has 0 unspecified atom stereocenters. The fourth-order valence-electron chi connectivity index (χ4n) is 1.81. The van der Waals surface area contributed by atoms with E-state index in [4.69, 9.17) is 0 Å². The molecule has 1 aromatic heterocycles. The van der Waals surface area contributed by atoms with Crippen molar-refractivity contribution in [3.8, 4) is 0 Å². The quantitative estimate of drug-likeness (QED) is 0.628. The van der Waals surface area contributed by atoms with Crippen LogP contribution in [0.2, 0.25) is 0 Å². The van der Waals surface area contributed by atoms with Crippen LogP contribution in [0.5, 0.6) is 0 Å². The van der Waals surface area contributed by atoms with Crippen LogP contribution in [0.15, 0.2) is 30.5 Å². The summed E-state index contributed by atoms with van der Waals surface area (Å²) >= 11 is 0. The van der Waals surface area contributed by atoms with E-state index in [0.717, 1.165) is 16.5 Å². The number of carbonyl (C=O) groups excluding carboxylic acids is 1. The van der Waals surface area contributed by atoms with Crippen LogP contribution in [0.4, 0.5) is 0 Å². The molecule has 3 heteroatoms. The summed E-state index contributed by atoms with van der Waals surface area (Å²) < 4.78 is 1.76. The predicted molar refractivity (Wildman–Crippen MR) is 54.0 cm³/mol. The number of aromatic nitrogens is 2. The molecule has 2 aromatic rings. The summed E-state index contributed by atoms with van der Waals surface area (Å²) in [5.41, 5.74) is 1.69. The molecule has 0 spiro atoms. The number of rotatable bonds is 0. The largest absolute Gasteiger partial charge is 0.294 e. The Morgan fingerprint density at radius 2 is 2.29 bits per heavy atom. The van der Waals surface area contributed by atoms with Gasteiger partial charge in [-0.05, 0) is 6.07 Å². The Labute approximate surface area is 80.6 Å². The third-order valence-corrected chi connectivity index (χ3v) is 2.47. The standard InChI is InChI=1S/C11H8N2O/c14-10-5-2-6-13-11-8(7-12-13)3-1-4-9(10)11/h1-4,6-7H,5H2. The average Bonchev–Trinajstić information content (AvgIpc) is 2.53. The zero-order valence-electron chi connectivity index (χ0n) is 7.47. The van der Waals surface area contributed by atoms with Gasteiger partial charge in [-0.15, -0.1) is 0 Å². The Kier molecular flexibility index (Phi) is 1.36. The van der Waals surface area contributed by atoms with Crippen molar-refractivity contribution in [3.05, 3.63) is 36.0 Å². The second kappa shape index (κ2) is 2.54. The molecular weight excluding hydrogens is 176 g/mol. The van der Waals surface area contributed by atoms with Crippen molar-refractivity contribution in [1.29, 1.82) is 0 Å². The van der Waals surface area contributed by atoms with Gasteiger partial charge in [0, 0.05) is 23.6 Å². The van der Waals surface area contributed by atoms with Crippen molar-refractivity contribution in [3.63, 3.8) is 0 Å². The Balaban J connectivity index is 2.52. The Morgan fingerprint density at radius 3 is 3.21 bits per heavy atom. The van der Waals surface area contributed by atoms with Crippen molar-refractivity contribution in [2.24, 2.45) is 0 Å². The molecule has 2 heterocycles. The van der Waals surface area contributed by atoms with Gasteiger partial charge in [0.1, 0.15) is 0 Å². The lowest BCUT2D eigenvalue weighted by atomic mass is 10.1. The van der Waals surface area contributed by atoms with Crippen molar-refractivity contribution in [1.82, 2.24) is 9.78 Å². The SMILES string of the molecule is O=C1CC=Cn2ncc3cccc1c32. The predicted octanol–water partition coefficient (Wildman–Crippen LogP) is 2.09. The van der Waals surface area contributed by atoms with Gasteiger partial charge in [-0.1, -0.05) is 18.2 Å². The van der Waals surface area contributed by atoms with Gasteiger partial charge in [-0.3, -0.25) is 4.79 Å². The molecular formula is C11H8N2O. The number of benzene rings is 1. The fourth-order valence-corrected chi connectivity index (χ4v) is 1.81. The number of ketones is 1. The molecule has 0 atom stereocenters. The molecule has 3 rings (SSSR count). The maximum absolute atomic E-state index is 11.7. The van der Waals surface area contributed by atoms with E-state index in [1.165, 1.54) is 0 Å². The molecule has 0 fully saturated rings. The summed E-state index contributed by atoms with van der Waals surface area (Å²) in [6.45, 7) is 0. The lowest BCUT2D eigenvalue weighted by Gasteiger charge is -1.99. The van der Waals surface area contributed by atoms with Gasteiger partial charge in [0.15, 0.2) is 5.78 Å². The van der Waals surface area contributed by atoms with E-state index in [1.807, 2.05) is 30.5 Å². The van der Waals surface area contributed by atoms with Gasteiger partial charge < -0.3 is 0 Å². The van der Waals surface area contributed by atoms with Crippen LogP contribution >= 0.6 is 0 Å². The Hall–Kier alpha value is -1.90. The van der Waals surface area contributed by atoms with Gasteiger partial charge in [0.05, 0.1) is 11.7 Å². The maximum atomic E-state index is 11.7. The lowest BCUT2D eigenvalue weighted by Crippen LogP contribution is -1.97. The summed E-state index contributed by atoms with van der Waals surface area (Å²) in [6.07, 6.45) is 5.93. The summed E-state index contributed by atoms with van der Waals surface area (Å²) in [6, 6.07) is 5.72. The first-order valence-electron chi connectivity index (χ1n) is 4.52. The van der Waals surface area contributed by atoms with E-state index in [2.05, 4.69) is 5.10 Å². The van der Waals surface area contributed by atoms with Gasteiger partial charge in [0.2, 0.25) is 0 Å². The molecule has 0 saturated heterocycles. The van der Waals surface area contributed by atoms with Gasteiger partial charge in [0.25, 0.3) is 0 Å². The van der Waals surface area contributed by atoms with Gasteiger partial charge in [-0.2, -0.15) is 5.10 Å². The van der Waals surface area contributed by atoms with Crippen molar-refractivity contribution in [2.45, 2.75) is 6.42 Å². The number of Topliss-reactive ketones (excluding diaryl/α,β-unsaturated/α-hetero) is 1. The number of hydrogen-bond acceptors (Lipinski definition) is 2. The molecule has 0 radical (unpaired) electrons. The van der Waals surface area contributed by atoms with Crippen LogP contribution in [-0.2, 0) is 0 Å². The molecule has 1 aromatic carbocycles. The van der Waals surface area contributed by atoms with Crippen LogP contribution in [0.25, 0.3) is 17.1 Å². The Morgan fingerprint density at radius 1 is 1.36 bits per heavy atom. The Bertz CT molecular complexity index is 551. The number of hydrogen-bond donors (Lipinski definition) is 0. The molecule has 0 saturated carbocycles. The molecule has 68 valence electrons. The highest BCUT2D eigenvalue weighted by Gasteiger charge is 2.14. The molecule has 0 aliphatic carbocycles. The first-order valence-corrected chi connectivity index (χ1v) is 4.52. The van der Waals surface area contributed by atoms with E-state index >= 15 is 0 Å². The molecule has 3 nitrogen and oxygen atoms in total. The first-order chi connectivity index (χ1) is 6.86. The molecule has 0 bridgehead atoms. The van der Waals surface area contributed by atoms with Crippen LogP contribution in [0, 0.1) is 0 Å². The summed E-state index contributed by atoms with van der Waals surface area (Å²) in [5.74, 6) is 0.158. The minimum atomic E-state index is 0.158. The molecule has 1 aliphatic rings. The number of carbonyl (C=O) groups is 1. The molecule has 1 aliphatic heterocycles. The van der Waals surface area contributed by atoms with E-state index < -0.39 is 0 Å². The number of nitrogens with zero attached hydrogens (tertiary/aromatic N) is 2. The monoisotopic (exact) mass is 184 g/mol. The van der Waals surface area contributed by atoms with Crippen LogP contribution in [0.1, 0.15) is 16.8 Å². The summed E-state index contributed by atoms with van der Waals surface area (Å²) in [7, 11) is 0. The molecule has 0 N–H and O–H groups in total. The van der Waals surface area contributed by atoms with E-state index in [0.29, 0.717) is 6.42 Å². The highest BCUT2D eigenvalue weighted by molar-refractivity contribution is 6.08. The van der Waals surface area contributed by atoms with Crippen molar-refractivity contribution >= 4 is 22.9 Å². The lowest BCUT2D eigenvalue weighted by molar-refractivity contribution is 0.0998. The third-order valence-electron chi connectivity index (χ3n) is 2.47.